The van der Waals surface area contributed by atoms with Crippen molar-refractivity contribution in [2.45, 2.75) is 45.5 Å². The van der Waals surface area contributed by atoms with Gasteiger partial charge in [0.25, 0.3) is 0 Å². The monoisotopic (exact) mass is 324 g/mol. The summed E-state index contributed by atoms with van der Waals surface area (Å²) in [5.41, 5.74) is 0.302. The molecular formula is C16H24N2O5. The van der Waals surface area contributed by atoms with Crippen LogP contribution in [0.2, 0.25) is 0 Å². The van der Waals surface area contributed by atoms with Crippen LogP contribution < -0.4 is 10.6 Å². The fraction of sp³-hybridized carbons (Fsp3) is 0.500. The lowest BCUT2D eigenvalue weighted by Gasteiger charge is -2.22. The molecule has 128 valence electrons. The molecule has 0 aromatic heterocycles. The van der Waals surface area contributed by atoms with Gasteiger partial charge in [-0.2, -0.15) is 0 Å². The number of amides is 2. The Balaban J connectivity index is 2.61. The van der Waals surface area contributed by atoms with Crippen LogP contribution in [0.25, 0.3) is 0 Å². The second-order valence-corrected chi connectivity index (χ2v) is 6.20. The van der Waals surface area contributed by atoms with Crippen LogP contribution in [-0.4, -0.2) is 40.5 Å². The third-order valence-electron chi connectivity index (χ3n) is 2.77. The first-order valence-corrected chi connectivity index (χ1v) is 7.29. The first-order valence-electron chi connectivity index (χ1n) is 7.29. The standard InChI is InChI=1S/C16H24N2O5/c1-10(19)18-12-7-5-6-11(8-12)14(21)13(20)9-17-15(22)23-16(2,3)4/h5-8,13-14,20-21H,9H2,1-4H3,(H,17,22)(H,18,19). The second kappa shape index (κ2) is 7.94. The summed E-state index contributed by atoms with van der Waals surface area (Å²) in [6, 6.07) is 6.50. The molecule has 0 saturated heterocycles. The average molecular weight is 324 g/mol. The van der Waals surface area contributed by atoms with Crippen LogP contribution in [0.15, 0.2) is 24.3 Å². The minimum atomic E-state index is -1.21. The minimum absolute atomic E-state index is 0.166. The van der Waals surface area contributed by atoms with E-state index in [-0.39, 0.29) is 12.5 Å². The number of alkyl carbamates (subject to hydrolysis) is 1. The largest absolute Gasteiger partial charge is 0.444 e. The number of aliphatic hydroxyl groups is 2. The number of benzene rings is 1. The summed E-state index contributed by atoms with van der Waals surface area (Å²) in [5, 5.41) is 25.1. The summed E-state index contributed by atoms with van der Waals surface area (Å²) < 4.78 is 5.05. The Bertz CT molecular complexity index is 554. The molecule has 0 aliphatic rings. The van der Waals surface area contributed by atoms with E-state index in [9.17, 15) is 19.8 Å². The van der Waals surface area contributed by atoms with Gasteiger partial charge in [0, 0.05) is 19.2 Å². The minimum Gasteiger partial charge on any atom is -0.444 e. The van der Waals surface area contributed by atoms with E-state index in [0.717, 1.165) is 0 Å². The van der Waals surface area contributed by atoms with Crippen molar-refractivity contribution in [3.63, 3.8) is 0 Å². The topological polar surface area (TPSA) is 108 Å². The molecule has 2 amide bonds. The van der Waals surface area contributed by atoms with Crippen molar-refractivity contribution in [1.29, 1.82) is 0 Å². The predicted octanol–water partition coefficient (Wildman–Crippen LogP) is 1.56. The Hall–Kier alpha value is -2.12. The molecule has 2 atom stereocenters. The summed E-state index contributed by atoms with van der Waals surface area (Å²) in [5.74, 6) is -0.233. The maximum atomic E-state index is 11.5. The highest BCUT2D eigenvalue weighted by Gasteiger charge is 2.21. The van der Waals surface area contributed by atoms with Gasteiger partial charge in [0.2, 0.25) is 5.91 Å². The van der Waals surface area contributed by atoms with Gasteiger partial charge in [0.05, 0.1) is 0 Å². The van der Waals surface area contributed by atoms with Crippen molar-refractivity contribution in [3.8, 4) is 0 Å². The molecule has 1 aromatic carbocycles. The molecular weight excluding hydrogens is 300 g/mol. The van der Waals surface area contributed by atoms with Gasteiger partial charge in [-0.15, -0.1) is 0 Å². The predicted molar refractivity (Wildman–Crippen MR) is 85.9 cm³/mol. The van der Waals surface area contributed by atoms with Gasteiger partial charge < -0.3 is 25.6 Å². The number of rotatable bonds is 5. The van der Waals surface area contributed by atoms with Crippen LogP contribution in [0.1, 0.15) is 39.4 Å². The van der Waals surface area contributed by atoms with E-state index in [0.29, 0.717) is 11.3 Å². The van der Waals surface area contributed by atoms with Crippen molar-refractivity contribution >= 4 is 17.7 Å². The molecule has 0 fully saturated rings. The molecule has 0 saturated carbocycles. The van der Waals surface area contributed by atoms with Crippen molar-refractivity contribution in [1.82, 2.24) is 5.32 Å². The van der Waals surface area contributed by atoms with Crippen molar-refractivity contribution in [2.75, 3.05) is 11.9 Å². The van der Waals surface area contributed by atoms with E-state index < -0.39 is 23.9 Å². The maximum absolute atomic E-state index is 11.5. The number of carbonyl (C=O) groups excluding carboxylic acids is 2. The summed E-state index contributed by atoms with van der Waals surface area (Å²) in [6.07, 6.45) is -3.09. The van der Waals surface area contributed by atoms with E-state index in [2.05, 4.69) is 10.6 Å². The number of ether oxygens (including phenoxy) is 1. The zero-order valence-electron chi connectivity index (χ0n) is 13.8. The van der Waals surface area contributed by atoms with E-state index in [1.807, 2.05) is 0 Å². The summed E-state index contributed by atoms with van der Waals surface area (Å²) in [7, 11) is 0. The third-order valence-corrected chi connectivity index (χ3v) is 2.77. The van der Waals surface area contributed by atoms with E-state index in [1.54, 1.807) is 45.0 Å². The fourth-order valence-electron chi connectivity index (χ4n) is 1.84. The maximum Gasteiger partial charge on any atom is 0.407 e. The zero-order chi connectivity index (χ0) is 17.6. The average Bonchev–Trinajstić information content (AvgIpc) is 2.41. The van der Waals surface area contributed by atoms with E-state index in [4.69, 9.17) is 4.74 Å². The van der Waals surface area contributed by atoms with Gasteiger partial charge in [0.15, 0.2) is 0 Å². The Kier molecular flexibility index (Phi) is 6.53. The van der Waals surface area contributed by atoms with Crippen LogP contribution in [0.3, 0.4) is 0 Å². The van der Waals surface area contributed by atoms with E-state index >= 15 is 0 Å². The molecule has 0 aliphatic carbocycles. The van der Waals surface area contributed by atoms with Gasteiger partial charge in [-0.3, -0.25) is 4.79 Å². The zero-order valence-corrected chi connectivity index (χ0v) is 13.8. The first-order chi connectivity index (χ1) is 10.6. The Labute approximate surface area is 135 Å². The highest BCUT2D eigenvalue weighted by molar-refractivity contribution is 5.88. The van der Waals surface area contributed by atoms with Gasteiger partial charge >= 0.3 is 6.09 Å². The summed E-state index contributed by atoms with van der Waals surface area (Å²) in [4.78, 5) is 22.6. The molecule has 7 heteroatoms. The Morgan fingerprint density at radius 2 is 1.91 bits per heavy atom. The molecule has 2 unspecified atom stereocenters. The third kappa shape index (κ3) is 7.12. The lowest BCUT2D eigenvalue weighted by atomic mass is 10.0. The van der Waals surface area contributed by atoms with Gasteiger partial charge in [0.1, 0.15) is 17.8 Å². The van der Waals surface area contributed by atoms with Gasteiger partial charge in [-0.05, 0) is 38.5 Å². The first kappa shape index (κ1) is 18.9. The quantitative estimate of drug-likeness (QED) is 0.657. The van der Waals surface area contributed by atoms with Crippen LogP contribution in [0, 0.1) is 0 Å². The van der Waals surface area contributed by atoms with Gasteiger partial charge in [-0.1, -0.05) is 12.1 Å². The van der Waals surface area contributed by atoms with Crippen LogP contribution in [0.4, 0.5) is 10.5 Å². The SMILES string of the molecule is CC(=O)Nc1cccc(C(O)C(O)CNC(=O)OC(C)(C)C)c1. The Morgan fingerprint density at radius 1 is 1.26 bits per heavy atom. The smallest absolute Gasteiger partial charge is 0.407 e. The highest BCUT2D eigenvalue weighted by atomic mass is 16.6. The second-order valence-electron chi connectivity index (χ2n) is 6.20. The molecule has 0 heterocycles. The molecule has 7 nitrogen and oxygen atoms in total. The van der Waals surface area contributed by atoms with Crippen molar-refractivity contribution < 1.29 is 24.5 Å². The number of nitrogens with one attached hydrogen (secondary N) is 2. The lowest BCUT2D eigenvalue weighted by Crippen LogP contribution is -2.38. The molecule has 1 aromatic rings. The highest BCUT2D eigenvalue weighted by Crippen LogP contribution is 2.20. The number of anilines is 1. The number of aliphatic hydroxyl groups excluding tert-OH is 2. The molecule has 0 radical (unpaired) electrons. The van der Waals surface area contributed by atoms with Crippen LogP contribution in [-0.2, 0) is 9.53 Å². The van der Waals surface area contributed by atoms with Crippen molar-refractivity contribution in [3.05, 3.63) is 29.8 Å². The molecule has 0 bridgehead atoms. The fourth-order valence-corrected chi connectivity index (χ4v) is 1.84. The number of hydrogen-bond acceptors (Lipinski definition) is 5. The number of carbonyl (C=O) groups is 2. The summed E-state index contributed by atoms with van der Waals surface area (Å²) >= 11 is 0. The molecule has 1 rings (SSSR count). The lowest BCUT2D eigenvalue weighted by molar-refractivity contribution is -0.114. The summed E-state index contributed by atoms with van der Waals surface area (Å²) in [6.45, 7) is 6.39. The Morgan fingerprint density at radius 3 is 2.48 bits per heavy atom. The number of hydrogen-bond donors (Lipinski definition) is 4. The molecule has 0 aliphatic heterocycles. The molecule has 0 spiro atoms. The normalized spacial score (nSPS) is 13.8. The van der Waals surface area contributed by atoms with Crippen LogP contribution >= 0.6 is 0 Å². The van der Waals surface area contributed by atoms with Crippen molar-refractivity contribution in [2.24, 2.45) is 0 Å². The van der Waals surface area contributed by atoms with Gasteiger partial charge in [-0.25, -0.2) is 4.79 Å². The molecule has 23 heavy (non-hydrogen) atoms. The van der Waals surface area contributed by atoms with E-state index in [1.165, 1.54) is 6.92 Å². The molecule has 4 N–H and O–H groups in total. The van der Waals surface area contributed by atoms with Crippen LogP contribution in [0.5, 0.6) is 0 Å².